The van der Waals surface area contributed by atoms with E-state index in [0.717, 1.165) is 31.8 Å². The van der Waals surface area contributed by atoms with Crippen molar-refractivity contribution in [2.45, 2.75) is 33.1 Å². The first-order valence-electron chi connectivity index (χ1n) is 4.54. The normalized spacial score (nSPS) is 9.69. The summed E-state index contributed by atoms with van der Waals surface area (Å²) in [6, 6.07) is 0. The number of aldehydes is 2. The molecule has 2 nitrogen and oxygen atoms in total. The summed E-state index contributed by atoms with van der Waals surface area (Å²) in [5, 5.41) is 0. The van der Waals surface area contributed by atoms with E-state index in [9.17, 15) is 9.59 Å². The Morgan fingerprint density at radius 1 is 0.923 bits per heavy atom. The first-order chi connectivity index (χ1) is 6.33. The highest BCUT2D eigenvalue weighted by Crippen LogP contribution is 1.85. The Morgan fingerprint density at radius 2 is 1.46 bits per heavy atom. The average molecular weight is 182 g/mol. The van der Waals surface area contributed by atoms with Gasteiger partial charge < -0.3 is 0 Å². The summed E-state index contributed by atoms with van der Waals surface area (Å²) in [4.78, 5) is 19.1. The highest BCUT2D eigenvalue weighted by molar-refractivity contribution is 5.64. The number of hydrogen-bond acceptors (Lipinski definition) is 2. The Morgan fingerprint density at radius 3 is 1.77 bits per heavy atom. The van der Waals surface area contributed by atoms with E-state index in [1.165, 1.54) is 12.2 Å². The number of carbonyl (C=O) groups excluding carboxylic acids is 2. The zero-order valence-corrected chi connectivity index (χ0v) is 8.40. The Balaban J connectivity index is 0. The second-order valence-corrected chi connectivity index (χ2v) is 2.33. The van der Waals surface area contributed by atoms with Gasteiger partial charge in [-0.1, -0.05) is 32.4 Å². The summed E-state index contributed by atoms with van der Waals surface area (Å²) < 4.78 is 0. The van der Waals surface area contributed by atoms with Crippen molar-refractivity contribution in [3.8, 4) is 0 Å². The van der Waals surface area contributed by atoms with Crippen molar-refractivity contribution in [2.75, 3.05) is 0 Å². The molecule has 0 saturated heterocycles. The third-order valence-corrected chi connectivity index (χ3v) is 1.12. The summed E-state index contributed by atoms with van der Waals surface area (Å²) >= 11 is 0. The number of allylic oxidation sites excluding steroid dienone is 4. The van der Waals surface area contributed by atoms with Gasteiger partial charge in [-0.2, -0.15) is 0 Å². The molecule has 0 fully saturated rings. The molecule has 0 aliphatic carbocycles. The maximum absolute atomic E-state index is 9.59. The van der Waals surface area contributed by atoms with Gasteiger partial charge in [0.15, 0.2) is 0 Å². The predicted octanol–water partition coefficient (Wildman–Crippen LogP) is 2.69. The SMILES string of the molecule is CCC=CC=O.CCCC=CC=O. The highest BCUT2D eigenvalue weighted by Gasteiger charge is 1.67. The third-order valence-electron chi connectivity index (χ3n) is 1.12. The van der Waals surface area contributed by atoms with Gasteiger partial charge in [-0.15, -0.1) is 0 Å². The largest absolute Gasteiger partial charge is 0.299 e. The van der Waals surface area contributed by atoms with Gasteiger partial charge in [0.2, 0.25) is 0 Å². The lowest BCUT2D eigenvalue weighted by Gasteiger charge is -1.76. The van der Waals surface area contributed by atoms with Crippen LogP contribution >= 0.6 is 0 Å². The molecule has 0 atom stereocenters. The monoisotopic (exact) mass is 182 g/mol. The number of unbranched alkanes of at least 4 members (excludes halogenated alkanes) is 1. The fraction of sp³-hybridized carbons (Fsp3) is 0.455. The van der Waals surface area contributed by atoms with E-state index in [0.29, 0.717) is 0 Å². The molecule has 0 rings (SSSR count). The molecule has 0 aliphatic rings. The van der Waals surface area contributed by atoms with Gasteiger partial charge in [-0.3, -0.25) is 9.59 Å². The molecular formula is C11H18O2. The van der Waals surface area contributed by atoms with Gasteiger partial charge in [0.1, 0.15) is 12.6 Å². The second kappa shape index (κ2) is 17.1. The van der Waals surface area contributed by atoms with Crippen LogP contribution in [-0.4, -0.2) is 12.6 Å². The van der Waals surface area contributed by atoms with Crippen LogP contribution in [0.15, 0.2) is 24.3 Å². The van der Waals surface area contributed by atoms with E-state index in [-0.39, 0.29) is 0 Å². The third kappa shape index (κ3) is 24.8. The van der Waals surface area contributed by atoms with Crippen molar-refractivity contribution in [2.24, 2.45) is 0 Å². The second-order valence-electron chi connectivity index (χ2n) is 2.33. The Labute approximate surface area is 80.3 Å². The molecule has 0 saturated carbocycles. The van der Waals surface area contributed by atoms with E-state index in [1.54, 1.807) is 0 Å². The fourth-order valence-corrected chi connectivity index (χ4v) is 0.510. The molecule has 0 bridgehead atoms. The standard InChI is InChI=1S/C6H10O.C5H8O/c1-2-3-4-5-6-7;1-2-3-4-5-6/h4-6H,2-3H2,1H3;3-5H,2H2,1H3. The maximum Gasteiger partial charge on any atom is 0.142 e. The smallest absolute Gasteiger partial charge is 0.142 e. The minimum atomic E-state index is 0.781. The first-order valence-corrected chi connectivity index (χ1v) is 4.54. The lowest BCUT2D eigenvalue weighted by Crippen LogP contribution is -1.61. The lowest BCUT2D eigenvalue weighted by atomic mass is 10.3. The Kier molecular flexibility index (Phi) is 18.8. The van der Waals surface area contributed by atoms with Crippen LogP contribution in [0.3, 0.4) is 0 Å². The minimum absolute atomic E-state index is 0.781. The number of carbonyl (C=O) groups is 2. The fourth-order valence-electron chi connectivity index (χ4n) is 0.510. The zero-order chi connectivity index (χ0) is 10.4. The quantitative estimate of drug-likeness (QED) is 0.484. The van der Waals surface area contributed by atoms with Crippen molar-refractivity contribution in [1.29, 1.82) is 0 Å². The summed E-state index contributed by atoms with van der Waals surface area (Å²) in [5.41, 5.74) is 0. The van der Waals surface area contributed by atoms with Crippen LogP contribution in [0.1, 0.15) is 33.1 Å². The molecule has 0 aromatic rings. The van der Waals surface area contributed by atoms with Crippen molar-refractivity contribution in [3.05, 3.63) is 24.3 Å². The van der Waals surface area contributed by atoms with Crippen LogP contribution in [0.5, 0.6) is 0 Å². The molecule has 0 N–H and O–H groups in total. The molecule has 0 radical (unpaired) electrons. The van der Waals surface area contributed by atoms with Crippen LogP contribution in [0, 0.1) is 0 Å². The van der Waals surface area contributed by atoms with Crippen LogP contribution in [0.2, 0.25) is 0 Å². The van der Waals surface area contributed by atoms with Crippen molar-refractivity contribution >= 4 is 12.6 Å². The summed E-state index contributed by atoms with van der Waals surface area (Å²) in [6.07, 6.45) is 11.4. The van der Waals surface area contributed by atoms with Gasteiger partial charge in [0, 0.05) is 0 Å². The Hall–Kier alpha value is -1.18. The minimum Gasteiger partial charge on any atom is -0.299 e. The first kappa shape index (κ1) is 14.3. The van der Waals surface area contributed by atoms with Crippen molar-refractivity contribution < 1.29 is 9.59 Å². The maximum atomic E-state index is 9.59. The van der Waals surface area contributed by atoms with Gasteiger partial charge in [-0.05, 0) is 25.0 Å². The van der Waals surface area contributed by atoms with Crippen molar-refractivity contribution in [1.82, 2.24) is 0 Å². The molecule has 0 spiro atoms. The van der Waals surface area contributed by atoms with E-state index < -0.39 is 0 Å². The summed E-state index contributed by atoms with van der Waals surface area (Å²) in [6.45, 7) is 4.06. The molecule has 0 unspecified atom stereocenters. The van der Waals surface area contributed by atoms with E-state index in [1.807, 2.05) is 19.1 Å². The van der Waals surface area contributed by atoms with Crippen LogP contribution < -0.4 is 0 Å². The van der Waals surface area contributed by atoms with Gasteiger partial charge in [0.05, 0.1) is 0 Å². The van der Waals surface area contributed by atoms with Gasteiger partial charge in [-0.25, -0.2) is 0 Å². The average Bonchev–Trinajstić information content (AvgIpc) is 2.17. The molecule has 0 heterocycles. The molecule has 0 aromatic carbocycles. The molecule has 13 heavy (non-hydrogen) atoms. The van der Waals surface area contributed by atoms with Gasteiger partial charge in [0.25, 0.3) is 0 Å². The number of hydrogen-bond donors (Lipinski definition) is 0. The molecule has 0 amide bonds. The molecule has 0 aliphatic heterocycles. The van der Waals surface area contributed by atoms with Crippen LogP contribution in [-0.2, 0) is 9.59 Å². The summed E-state index contributed by atoms with van der Waals surface area (Å²) in [5.74, 6) is 0. The molecule has 2 heteroatoms. The topological polar surface area (TPSA) is 34.1 Å². The predicted molar refractivity (Wildman–Crippen MR) is 55.6 cm³/mol. The molecule has 0 aromatic heterocycles. The van der Waals surface area contributed by atoms with Crippen LogP contribution in [0.4, 0.5) is 0 Å². The molecule has 74 valence electrons. The van der Waals surface area contributed by atoms with E-state index >= 15 is 0 Å². The van der Waals surface area contributed by atoms with E-state index in [2.05, 4.69) is 6.92 Å². The van der Waals surface area contributed by atoms with Crippen LogP contribution in [0.25, 0.3) is 0 Å². The number of rotatable bonds is 5. The summed E-state index contributed by atoms with van der Waals surface area (Å²) in [7, 11) is 0. The molecular weight excluding hydrogens is 164 g/mol. The Bertz CT molecular complexity index is 157. The van der Waals surface area contributed by atoms with Crippen molar-refractivity contribution in [3.63, 3.8) is 0 Å². The lowest BCUT2D eigenvalue weighted by molar-refractivity contribution is -0.104. The zero-order valence-electron chi connectivity index (χ0n) is 8.40. The van der Waals surface area contributed by atoms with E-state index in [4.69, 9.17) is 0 Å². The van der Waals surface area contributed by atoms with Gasteiger partial charge >= 0.3 is 0 Å². The highest BCUT2D eigenvalue weighted by atomic mass is 16.1.